The van der Waals surface area contributed by atoms with Gasteiger partial charge in [0.25, 0.3) is 5.91 Å². The molecule has 0 aromatic heterocycles. The van der Waals surface area contributed by atoms with Crippen LogP contribution in [0.3, 0.4) is 0 Å². The number of hydrogen-bond donors (Lipinski definition) is 7. The van der Waals surface area contributed by atoms with Gasteiger partial charge in [-0.3, -0.25) is 19.2 Å². The summed E-state index contributed by atoms with van der Waals surface area (Å²) in [6, 6.07) is 1.49. The molecule has 194 valence electrons. The van der Waals surface area contributed by atoms with Crippen molar-refractivity contribution in [1.82, 2.24) is 0 Å². The number of carbonyl (C=O) groups is 4. The van der Waals surface area contributed by atoms with E-state index in [9.17, 15) is 44.7 Å². The van der Waals surface area contributed by atoms with Crippen molar-refractivity contribution in [2.45, 2.75) is 44.0 Å². The monoisotopic (exact) mass is 503 g/mol. The summed E-state index contributed by atoms with van der Waals surface area (Å²) in [5.74, 6) is -10.0. The predicted molar refractivity (Wildman–Crippen MR) is 125 cm³/mol. The summed E-state index contributed by atoms with van der Waals surface area (Å²) in [6.45, 7) is 2.89. The fourth-order valence-corrected chi connectivity index (χ4v) is 6.25. The molecule has 0 heterocycles. The Balaban J connectivity index is 1.98. The summed E-state index contributed by atoms with van der Waals surface area (Å²) in [7, 11) is 3.37. The highest BCUT2D eigenvalue weighted by molar-refractivity contribution is 6.20. The number of primary amides is 1. The number of phenols is 1. The second-order valence-corrected chi connectivity index (χ2v) is 9.99. The molecule has 0 aliphatic heterocycles. The maximum Gasteiger partial charge on any atom is 0.255 e. The number of nitrogens with zero attached hydrogens (tertiary/aromatic N) is 1. The topological polar surface area (TPSA) is 211 Å². The molecule has 2 amide bonds. The van der Waals surface area contributed by atoms with Gasteiger partial charge in [-0.05, 0) is 17.5 Å². The second kappa shape index (κ2) is 8.29. The van der Waals surface area contributed by atoms with Gasteiger partial charge < -0.3 is 41.5 Å². The van der Waals surface area contributed by atoms with E-state index in [0.717, 1.165) is 0 Å². The molecular formula is C24H29N3O9. The van der Waals surface area contributed by atoms with Crippen LogP contribution in [0.15, 0.2) is 17.4 Å². The molecule has 0 bridgehead atoms. The van der Waals surface area contributed by atoms with Gasteiger partial charge in [-0.2, -0.15) is 0 Å². The number of amides is 2. The van der Waals surface area contributed by atoms with Crippen LogP contribution in [-0.4, -0.2) is 80.8 Å². The van der Waals surface area contributed by atoms with E-state index in [2.05, 4.69) is 5.32 Å². The first-order chi connectivity index (χ1) is 16.7. The van der Waals surface area contributed by atoms with Crippen molar-refractivity contribution in [2.75, 3.05) is 24.3 Å². The van der Waals surface area contributed by atoms with Crippen molar-refractivity contribution in [1.29, 1.82) is 0 Å². The van der Waals surface area contributed by atoms with E-state index in [4.69, 9.17) is 5.73 Å². The van der Waals surface area contributed by atoms with Crippen LogP contribution in [0.4, 0.5) is 11.4 Å². The number of aromatic hydroxyl groups is 1. The molecule has 36 heavy (non-hydrogen) atoms. The van der Waals surface area contributed by atoms with Crippen LogP contribution in [-0.2, 0) is 14.4 Å². The Hall–Kier alpha value is -3.48. The van der Waals surface area contributed by atoms with Gasteiger partial charge in [0.2, 0.25) is 5.91 Å². The molecule has 1 fully saturated rings. The molecule has 0 radical (unpaired) electrons. The van der Waals surface area contributed by atoms with Gasteiger partial charge in [-0.1, -0.05) is 6.92 Å². The summed E-state index contributed by atoms with van der Waals surface area (Å²) < 4.78 is 0. The number of nitrogens with one attached hydrogen (secondary N) is 1. The minimum Gasteiger partial charge on any atom is -0.508 e. The average Bonchev–Trinajstić information content (AvgIpc) is 2.77. The number of benzene rings is 1. The van der Waals surface area contributed by atoms with Crippen molar-refractivity contribution < 1.29 is 44.7 Å². The number of rotatable bonds is 3. The molecule has 7 atom stereocenters. The van der Waals surface area contributed by atoms with Gasteiger partial charge in [0.05, 0.1) is 23.3 Å². The molecular weight excluding hydrogens is 474 g/mol. The van der Waals surface area contributed by atoms with Crippen molar-refractivity contribution in [3.63, 3.8) is 0 Å². The number of aliphatic hydroxyl groups is 4. The van der Waals surface area contributed by atoms with Crippen LogP contribution in [0.25, 0.3) is 0 Å². The molecule has 4 rings (SSSR count). The van der Waals surface area contributed by atoms with E-state index in [-0.39, 0.29) is 11.3 Å². The zero-order valence-electron chi connectivity index (χ0n) is 20.1. The molecule has 5 unspecified atom stereocenters. The largest absolute Gasteiger partial charge is 0.508 e. The first kappa shape index (κ1) is 25.6. The lowest BCUT2D eigenvalue weighted by molar-refractivity contribution is -0.209. The molecule has 1 saturated carbocycles. The molecule has 0 spiro atoms. The Morgan fingerprint density at radius 1 is 1.19 bits per heavy atom. The minimum atomic E-state index is -2.72. The number of Topliss-reactive ketones (excluding diaryl/α,β-unsaturated/α-hetero) is 2. The maximum absolute atomic E-state index is 13.9. The smallest absolute Gasteiger partial charge is 0.255 e. The highest BCUT2D eigenvalue weighted by Crippen LogP contribution is 2.58. The number of aliphatic hydroxyl groups excluding tert-OH is 3. The van der Waals surface area contributed by atoms with Crippen LogP contribution in [0, 0.1) is 17.8 Å². The summed E-state index contributed by atoms with van der Waals surface area (Å²) >= 11 is 0. The molecule has 12 heteroatoms. The van der Waals surface area contributed by atoms with Gasteiger partial charge in [0.1, 0.15) is 23.2 Å². The lowest BCUT2D eigenvalue weighted by Crippen LogP contribution is -2.69. The fourth-order valence-electron chi connectivity index (χ4n) is 6.25. The Morgan fingerprint density at radius 3 is 2.33 bits per heavy atom. The number of anilines is 2. The lowest BCUT2D eigenvalue weighted by Gasteiger charge is -2.56. The first-order valence-electron chi connectivity index (χ1n) is 11.4. The Bertz CT molecular complexity index is 1240. The highest BCUT2D eigenvalue weighted by Gasteiger charge is 2.67. The van der Waals surface area contributed by atoms with Gasteiger partial charge >= 0.3 is 0 Å². The number of hydrogen-bond acceptors (Lipinski definition) is 10. The minimum absolute atomic E-state index is 0.0478. The van der Waals surface area contributed by atoms with Gasteiger partial charge in [0.15, 0.2) is 17.2 Å². The molecule has 1 aromatic carbocycles. The second-order valence-electron chi connectivity index (χ2n) is 9.99. The number of phenolic OH excluding ortho intramolecular Hbond substituents is 1. The van der Waals surface area contributed by atoms with Gasteiger partial charge in [-0.25, -0.2) is 0 Å². The SMILES string of the molecule is CC(=O)Nc1cc(N(C)C)c2c(c1O)C(=O)C1C([C@H](O)C3CC(=O)C(C(N)=O)=C(O)C3(O)C1O)[C@@H]2C. The lowest BCUT2D eigenvalue weighted by atomic mass is 9.51. The molecule has 1 aromatic rings. The first-order valence-corrected chi connectivity index (χ1v) is 11.4. The van der Waals surface area contributed by atoms with Crippen molar-refractivity contribution >= 4 is 34.8 Å². The van der Waals surface area contributed by atoms with E-state index in [1.807, 2.05) is 0 Å². The van der Waals surface area contributed by atoms with Crippen LogP contribution >= 0.6 is 0 Å². The molecule has 8 N–H and O–H groups in total. The molecule has 12 nitrogen and oxygen atoms in total. The number of ketones is 2. The third-order valence-corrected chi connectivity index (χ3v) is 7.82. The standard InChI is InChI=1S/C24H29N3O9/c1-7-13-11(27(3)4)6-10(26-8(2)28)19(31)16(13)20(32)17-14(7)18(30)9-5-12(29)15(23(25)35)21(33)24(9,36)22(17)34/h6-7,9,14,17-18,22,30-31,33-34,36H,5H2,1-4H3,(H2,25,35)(H,26,28)/t7-,9?,14?,17?,18-,22?,24?/m1/s1. The maximum atomic E-state index is 13.9. The fraction of sp³-hybridized carbons (Fsp3) is 0.500. The van der Waals surface area contributed by atoms with Gasteiger partial charge in [0, 0.05) is 45.0 Å². The summed E-state index contributed by atoms with van der Waals surface area (Å²) in [4.78, 5) is 51.6. The summed E-state index contributed by atoms with van der Waals surface area (Å²) in [5, 5.41) is 58.3. The van der Waals surface area contributed by atoms with Crippen molar-refractivity contribution in [2.24, 2.45) is 23.5 Å². The highest BCUT2D eigenvalue weighted by atomic mass is 16.4. The molecule has 3 aliphatic carbocycles. The van der Waals surface area contributed by atoms with E-state index in [1.54, 1.807) is 25.9 Å². The Kier molecular flexibility index (Phi) is 5.90. The van der Waals surface area contributed by atoms with Crippen molar-refractivity contribution in [3.05, 3.63) is 28.5 Å². The van der Waals surface area contributed by atoms with Gasteiger partial charge in [-0.15, -0.1) is 0 Å². The quantitative estimate of drug-likeness (QED) is 0.204. The third-order valence-electron chi connectivity index (χ3n) is 7.82. The van der Waals surface area contributed by atoms with E-state index in [1.165, 1.54) is 13.0 Å². The Labute approximate surface area is 206 Å². The zero-order chi connectivity index (χ0) is 27.0. The third kappa shape index (κ3) is 3.25. The van der Waals surface area contributed by atoms with E-state index < -0.39 is 88.4 Å². The zero-order valence-corrected chi connectivity index (χ0v) is 20.1. The summed E-state index contributed by atoms with van der Waals surface area (Å²) in [5.41, 5.74) is 2.14. The van der Waals surface area contributed by atoms with Crippen LogP contribution < -0.4 is 16.0 Å². The normalized spacial score (nSPS) is 33.4. The number of nitrogens with two attached hydrogens (primary N) is 1. The molecule has 3 aliphatic rings. The predicted octanol–water partition coefficient (Wildman–Crippen LogP) is -0.698. The number of carbonyl (C=O) groups excluding carboxylic acids is 4. The van der Waals surface area contributed by atoms with Crippen LogP contribution in [0.2, 0.25) is 0 Å². The average molecular weight is 504 g/mol. The van der Waals surface area contributed by atoms with Crippen LogP contribution in [0.1, 0.15) is 42.1 Å². The summed E-state index contributed by atoms with van der Waals surface area (Å²) in [6.07, 6.45) is -4.22. The van der Waals surface area contributed by atoms with Crippen molar-refractivity contribution in [3.8, 4) is 5.75 Å². The number of fused-ring (bicyclic) bond motifs is 3. The van der Waals surface area contributed by atoms with E-state index >= 15 is 0 Å². The molecule has 0 saturated heterocycles. The van der Waals surface area contributed by atoms with Crippen LogP contribution in [0.5, 0.6) is 5.75 Å². The Morgan fingerprint density at radius 2 is 1.81 bits per heavy atom. The van der Waals surface area contributed by atoms with E-state index in [0.29, 0.717) is 11.3 Å².